The Kier molecular flexibility index (Phi) is 4.93. The Morgan fingerprint density at radius 3 is 2.70 bits per heavy atom. The molecule has 0 unspecified atom stereocenters. The van der Waals surface area contributed by atoms with E-state index in [0.29, 0.717) is 0 Å². The third kappa shape index (κ3) is 3.39. The summed E-state index contributed by atoms with van der Waals surface area (Å²) in [5.41, 5.74) is 0.864. The minimum Gasteiger partial charge on any atom is -0.388 e. The molecule has 2 aliphatic heterocycles. The van der Waals surface area contributed by atoms with Crippen LogP contribution in [0.15, 0.2) is 30.3 Å². The van der Waals surface area contributed by atoms with Crippen molar-refractivity contribution in [2.75, 3.05) is 13.7 Å². The van der Waals surface area contributed by atoms with Gasteiger partial charge in [-0.15, -0.1) is 0 Å². The average molecular weight is 323 g/mol. The van der Waals surface area contributed by atoms with Gasteiger partial charge in [0.15, 0.2) is 12.6 Å². The van der Waals surface area contributed by atoms with E-state index in [1.54, 1.807) is 0 Å². The third-order valence-corrected chi connectivity index (χ3v) is 4.04. The van der Waals surface area contributed by atoms with Crippen LogP contribution in [0.5, 0.6) is 0 Å². The number of methoxy groups -OCH3 is 1. The van der Waals surface area contributed by atoms with Gasteiger partial charge in [-0.3, -0.25) is 4.79 Å². The molecule has 2 aliphatic rings. The summed E-state index contributed by atoms with van der Waals surface area (Å²) in [5.74, 6) is -0.273. The van der Waals surface area contributed by atoms with Crippen molar-refractivity contribution in [1.82, 2.24) is 5.32 Å². The highest BCUT2D eigenvalue weighted by atomic mass is 16.7. The molecule has 0 aromatic heterocycles. The van der Waals surface area contributed by atoms with Gasteiger partial charge in [0.1, 0.15) is 24.4 Å². The Labute approximate surface area is 134 Å². The van der Waals surface area contributed by atoms with Crippen molar-refractivity contribution in [3.63, 3.8) is 0 Å². The molecule has 0 bridgehead atoms. The predicted molar refractivity (Wildman–Crippen MR) is 79.3 cm³/mol. The lowest BCUT2D eigenvalue weighted by molar-refractivity contribution is -0.341. The molecule has 126 valence electrons. The number of aliphatic hydroxyl groups is 1. The van der Waals surface area contributed by atoms with E-state index in [2.05, 4.69) is 5.32 Å². The molecule has 0 spiro atoms. The summed E-state index contributed by atoms with van der Waals surface area (Å²) in [5, 5.41) is 13.3. The Hall–Kier alpha value is -1.51. The first-order valence-electron chi connectivity index (χ1n) is 7.55. The molecule has 0 radical (unpaired) electrons. The highest BCUT2D eigenvalue weighted by Crippen LogP contribution is 2.34. The van der Waals surface area contributed by atoms with Gasteiger partial charge in [0.05, 0.1) is 6.61 Å². The molecule has 3 rings (SSSR count). The average Bonchev–Trinajstić information content (AvgIpc) is 2.57. The predicted octanol–water partition coefficient (Wildman–Crippen LogP) is 0.337. The summed E-state index contributed by atoms with van der Waals surface area (Å²) < 4.78 is 22.6. The second-order valence-electron chi connectivity index (χ2n) is 5.67. The third-order valence-electron chi connectivity index (χ3n) is 4.04. The summed E-state index contributed by atoms with van der Waals surface area (Å²) in [6, 6.07) is 8.78. The van der Waals surface area contributed by atoms with Crippen molar-refractivity contribution in [3.05, 3.63) is 35.9 Å². The Bertz CT molecular complexity index is 539. The quantitative estimate of drug-likeness (QED) is 0.834. The van der Waals surface area contributed by atoms with Gasteiger partial charge in [-0.05, 0) is 0 Å². The van der Waals surface area contributed by atoms with E-state index < -0.39 is 36.9 Å². The highest BCUT2D eigenvalue weighted by Gasteiger charge is 2.49. The molecule has 0 saturated carbocycles. The zero-order valence-electron chi connectivity index (χ0n) is 13.0. The van der Waals surface area contributed by atoms with E-state index in [1.807, 2.05) is 30.3 Å². The number of carbonyl (C=O) groups excluding carboxylic acids is 1. The van der Waals surface area contributed by atoms with Gasteiger partial charge < -0.3 is 29.4 Å². The van der Waals surface area contributed by atoms with Gasteiger partial charge in [0, 0.05) is 19.6 Å². The van der Waals surface area contributed by atoms with Crippen molar-refractivity contribution in [2.24, 2.45) is 0 Å². The molecule has 2 fully saturated rings. The maximum Gasteiger partial charge on any atom is 0.217 e. The largest absolute Gasteiger partial charge is 0.388 e. The molecular weight excluding hydrogens is 302 g/mol. The second-order valence-corrected chi connectivity index (χ2v) is 5.67. The van der Waals surface area contributed by atoms with Crippen LogP contribution in [0.1, 0.15) is 18.8 Å². The van der Waals surface area contributed by atoms with E-state index in [-0.39, 0.29) is 12.5 Å². The number of benzene rings is 1. The van der Waals surface area contributed by atoms with Crippen LogP contribution in [-0.4, -0.2) is 55.4 Å². The maximum atomic E-state index is 11.4. The molecule has 7 heteroatoms. The van der Waals surface area contributed by atoms with Crippen LogP contribution in [0.4, 0.5) is 0 Å². The Morgan fingerprint density at radius 1 is 1.30 bits per heavy atom. The molecule has 1 amide bonds. The molecule has 6 atom stereocenters. The fourth-order valence-electron chi connectivity index (χ4n) is 2.96. The van der Waals surface area contributed by atoms with Crippen LogP contribution < -0.4 is 5.32 Å². The zero-order valence-corrected chi connectivity index (χ0v) is 13.0. The van der Waals surface area contributed by atoms with Gasteiger partial charge in [0.2, 0.25) is 5.91 Å². The molecule has 2 N–H and O–H groups in total. The second kappa shape index (κ2) is 6.94. The first-order chi connectivity index (χ1) is 11.1. The first-order valence-corrected chi connectivity index (χ1v) is 7.55. The van der Waals surface area contributed by atoms with E-state index in [1.165, 1.54) is 14.0 Å². The fourth-order valence-corrected chi connectivity index (χ4v) is 2.96. The standard InChI is InChI=1S/C16H21NO6/c1-9(18)17-12-13(19)14-11(22-16(12)20-2)8-21-15(23-14)10-6-4-3-5-7-10/h3-7,11-16,19H,8H2,1-2H3,(H,17,18)/t11-,12-,13-,14+,15+,16+/m1/s1. The summed E-state index contributed by atoms with van der Waals surface area (Å²) in [4.78, 5) is 11.4. The SMILES string of the molecule is CO[C@H]1O[C@@H]2CO[C@H](c3ccccc3)O[C@@H]2[C@H](O)[C@H]1NC(C)=O. The van der Waals surface area contributed by atoms with Crippen molar-refractivity contribution in [3.8, 4) is 0 Å². The normalized spacial score (nSPS) is 37.0. The summed E-state index contributed by atoms with van der Waals surface area (Å²) >= 11 is 0. The molecular formula is C16H21NO6. The van der Waals surface area contributed by atoms with Crippen molar-refractivity contribution in [1.29, 1.82) is 0 Å². The number of hydrogen-bond acceptors (Lipinski definition) is 6. The fraction of sp³-hybridized carbons (Fsp3) is 0.562. The number of rotatable bonds is 3. The van der Waals surface area contributed by atoms with E-state index >= 15 is 0 Å². The molecule has 0 aliphatic carbocycles. The Balaban J connectivity index is 1.76. The molecule has 1 aromatic carbocycles. The van der Waals surface area contributed by atoms with Crippen LogP contribution in [0, 0.1) is 0 Å². The van der Waals surface area contributed by atoms with E-state index in [0.717, 1.165) is 5.56 Å². The lowest BCUT2D eigenvalue weighted by Gasteiger charge is -2.47. The van der Waals surface area contributed by atoms with Crippen LogP contribution >= 0.6 is 0 Å². The summed E-state index contributed by atoms with van der Waals surface area (Å²) in [7, 11) is 1.46. The maximum absolute atomic E-state index is 11.4. The van der Waals surface area contributed by atoms with E-state index in [4.69, 9.17) is 18.9 Å². The number of nitrogens with one attached hydrogen (secondary N) is 1. The van der Waals surface area contributed by atoms with Gasteiger partial charge in [-0.2, -0.15) is 0 Å². The zero-order chi connectivity index (χ0) is 16.4. The molecule has 2 heterocycles. The van der Waals surface area contributed by atoms with Crippen LogP contribution in [0.2, 0.25) is 0 Å². The summed E-state index contributed by atoms with van der Waals surface area (Å²) in [6.45, 7) is 1.65. The van der Waals surface area contributed by atoms with E-state index in [9.17, 15) is 9.90 Å². The molecule has 7 nitrogen and oxygen atoms in total. The number of aliphatic hydroxyl groups excluding tert-OH is 1. The lowest BCUT2D eigenvalue weighted by Crippen LogP contribution is -2.66. The van der Waals surface area contributed by atoms with Crippen LogP contribution in [0.25, 0.3) is 0 Å². The van der Waals surface area contributed by atoms with Crippen LogP contribution in [0.3, 0.4) is 0 Å². The van der Waals surface area contributed by atoms with Gasteiger partial charge in [-0.25, -0.2) is 0 Å². The highest BCUT2D eigenvalue weighted by molar-refractivity contribution is 5.73. The number of fused-ring (bicyclic) bond motifs is 1. The van der Waals surface area contributed by atoms with Gasteiger partial charge in [-0.1, -0.05) is 30.3 Å². The van der Waals surface area contributed by atoms with Crippen molar-refractivity contribution >= 4 is 5.91 Å². The number of ether oxygens (including phenoxy) is 4. The summed E-state index contributed by atoms with van der Waals surface area (Å²) in [6.07, 6.45) is -3.36. The minimum absolute atomic E-state index is 0.272. The monoisotopic (exact) mass is 323 g/mol. The van der Waals surface area contributed by atoms with Gasteiger partial charge in [0.25, 0.3) is 0 Å². The topological polar surface area (TPSA) is 86.2 Å². The van der Waals surface area contributed by atoms with Crippen molar-refractivity contribution < 1.29 is 28.8 Å². The van der Waals surface area contributed by atoms with Gasteiger partial charge >= 0.3 is 0 Å². The number of amides is 1. The first kappa shape index (κ1) is 16.4. The number of hydrogen-bond donors (Lipinski definition) is 2. The minimum atomic E-state index is -0.960. The smallest absolute Gasteiger partial charge is 0.217 e. The number of carbonyl (C=O) groups is 1. The van der Waals surface area contributed by atoms with Crippen LogP contribution in [-0.2, 0) is 23.7 Å². The molecule has 23 heavy (non-hydrogen) atoms. The lowest BCUT2D eigenvalue weighted by atomic mass is 9.95. The Morgan fingerprint density at radius 2 is 2.04 bits per heavy atom. The molecule has 2 saturated heterocycles. The molecule has 1 aromatic rings. The van der Waals surface area contributed by atoms with Crippen molar-refractivity contribution in [2.45, 2.75) is 43.9 Å².